The van der Waals surface area contributed by atoms with Gasteiger partial charge in [-0.05, 0) is 12.1 Å². The number of rotatable bonds is 1. The number of nitrogens with zero attached hydrogens (tertiary/aromatic N) is 2. The second kappa shape index (κ2) is 3.09. The lowest BCUT2D eigenvalue weighted by Gasteiger charge is -2.03. The molecule has 0 spiro atoms. The molecular weight excluding hydrogens is 198 g/mol. The van der Waals surface area contributed by atoms with Crippen LogP contribution in [0.25, 0.3) is 5.65 Å². The summed E-state index contributed by atoms with van der Waals surface area (Å²) in [6.45, 7) is 0. The van der Waals surface area contributed by atoms with Gasteiger partial charge in [-0.15, -0.1) is 0 Å². The molecule has 0 aliphatic rings. The Bertz CT molecular complexity index is 603. The third-order valence-corrected chi connectivity index (χ3v) is 1.94. The van der Waals surface area contributed by atoms with Crippen LogP contribution in [-0.4, -0.2) is 20.5 Å². The summed E-state index contributed by atoms with van der Waals surface area (Å²) in [5.74, 6) is -1.14. The number of anilines is 1. The van der Waals surface area contributed by atoms with E-state index in [2.05, 4.69) is 4.98 Å². The summed E-state index contributed by atoms with van der Waals surface area (Å²) in [6.07, 6.45) is 1.44. The number of aromatic carboxylic acids is 1. The minimum Gasteiger partial charge on any atom is -0.478 e. The largest absolute Gasteiger partial charge is 0.478 e. The van der Waals surface area contributed by atoms with E-state index in [1.54, 1.807) is 0 Å². The van der Waals surface area contributed by atoms with Gasteiger partial charge in [0.25, 0.3) is 5.56 Å². The van der Waals surface area contributed by atoms with Crippen molar-refractivity contribution < 1.29 is 9.90 Å². The molecule has 0 aromatic carbocycles. The number of pyridine rings is 1. The van der Waals surface area contributed by atoms with Crippen LogP contribution in [0, 0.1) is 0 Å². The predicted molar refractivity (Wildman–Crippen MR) is 52.8 cm³/mol. The van der Waals surface area contributed by atoms with Crippen molar-refractivity contribution in [2.45, 2.75) is 0 Å². The molecule has 0 atom stereocenters. The first-order valence-electron chi connectivity index (χ1n) is 4.11. The number of carboxylic acid groups (broad SMARTS) is 1. The van der Waals surface area contributed by atoms with Crippen molar-refractivity contribution in [1.29, 1.82) is 0 Å². The molecule has 0 bridgehead atoms. The van der Waals surface area contributed by atoms with Gasteiger partial charge in [0.05, 0.1) is 0 Å². The van der Waals surface area contributed by atoms with Crippen LogP contribution in [-0.2, 0) is 0 Å². The molecule has 6 heteroatoms. The molecule has 2 aromatic heterocycles. The number of aromatic nitrogens is 2. The SMILES string of the molecule is Nc1cc(=O)n2cccc(C(=O)O)c2n1. The Kier molecular flexibility index (Phi) is 1.89. The summed E-state index contributed by atoms with van der Waals surface area (Å²) in [5.41, 5.74) is 4.97. The van der Waals surface area contributed by atoms with E-state index < -0.39 is 11.5 Å². The van der Waals surface area contributed by atoms with Gasteiger partial charge in [0, 0.05) is 12.3 Å². The fourth-order valence-corrected chi connectivity index (χ4v) is 1.31. The molecule has 15 heavy (non-hydrogen) atoms. The first kappa shape index (κ1) is 9.20. The molecule has 6 nitrogen and oxygen atoms in total. The molecule has 0 saturated carbocycles. The Labute approximate surface area is 83.6 Å². The summed E-state index contributed by atoms with van der Waals surface area (Å²) >= 11 is 0. The van der Waals surface area contributed by atoms with E-state index in [1.807, 2.05) is 0 Å². The van der Waals surface area contributed by atoms with Gasteiger partial charge in [0.1, 0.15) is 11.4 Å². The van der Waals surface area contributed by atoms with E-state index in [-0.39, 0.29) is 17.0 Å². The quantitative estimate of drug-likeness (QED) is 0.681. The van der Waals surface area contributed by atoms with Crippen LogP contribution in [0.3, 0.4) is 0 Å². The van der Waals surface area contributed by atoms with Gasteiger partial charge >= 0.3 is 5.97 Å². The maximum atomic E-state index is 11.4. The van der Waals surface area contributed by atoms with Gasteiger partial charge in [-0.2, -0.15) is 0 Å². The molecular formula is C9H7N3O3. The summed E-state index contributed by atoms with van der Waals surface area (Å²) in [6, 6.07) is 3.97. The van der Waals surface area contributed by atoms with Gasteiger partial charge in [0.15, 0.2) is 5.65 Å². The van der Waals surface area contributed by atoms with Gasteiger partial charge < -0.3 is 10.8 Å². The Hall–Kier alpha value is -2.37. The number of hydrogen-bond donors (Lipinski definition) is 2. The van der Waals surface area contributed by atoms with Crippen LogP contribution < -0.4 is 11.3 Å². The molecule has 2 aromatic rings. The molecule has 3 N–H and O–H groups in total. The smallest absolute Gasteiger partial charge is 0.339 e. The second-order valence-electron chi connectivity index (χ2n) is 2.94. The van der Waals surface area contributed by atoms with Crippen LogP contribution in [0.4, 0.5) is 5.82 Å². The zero-order valence-electron chi connectivity index (χ0n) is 7.54. The fourth-order valence-electron chi connectivity index (χ4n) is 1.31. The van der Waals surface area contributed by atoms with Crippen LogP contribution in [0.2, 0.25) is 0 Å². The molecule has 0 radical (unpaired) electrons. The highest BCUT2D eigenvalue weighted by atomic mass is 16.4. The minimum absolute atomic E-state index is 0.00806. The maximum absolute atomic E-state index is 11.4. The molecule has 0 unspecified atom stereocenters. The number of nitrogen functional groups attached to an aromatic ring is 1. The van der Waals surface area contributed by atoms with E-state index in [9.17, 15) is 9.59 Å². The Morgan fingerprint density at radius 1 is 1.53 bits per heavy atom. The minimum atomic E-state index is -1.15. The lowest BCUT2D eigenvalue weighted by atomic mass is 10.2. The van der Waals surface area contributed by atoms with Crippen molar-refractivity contribution in [2.24, 2.45) is 0 Å². The monoisotopic (exact) mass is 205 g/mol. The van der Waals surface area contributed by atoms with Gasteiger partial charge in [0.2, 0.25) is 0 Å². The van der Waals surface area contributed by atoms with Crippen molar-refractivity contribution in [3.8, 4) is 0 Å². The highest BCUT2D eigenvalue weighted by Crippen LogP contribution is 2.07. The third kappa shape index (κ3) is 1.41. The maximum Gasteiger partial charge on any atom is 0.339 e. The molecule has 0 saturated heterocycles. The third-order valence-electron chi connectivity index (χ3n) is 1.94. The van der Waals surface area contributed by atoms with Crippen LogP contribution in [0.5, 0.6) is 0 Å². The first-order chi connectivity index (χ1) is 7.09. The van der Waals surface area contributed by atoms with E-state index in [0.717, 1.165) is 10.5 Å². The number of hydrogen-bond acceptors (Lipinski definition) is 4. The molecule has 0 aliphatic heterocycles. The van der Waals surface area contributed by atoms with Crippen molar-refractivity contribution in [3.05, 3.63) is 40.3 Å². The Morgan fingerprint density at radius 3 is 2.93 bits per heavy atom. The fraction of sp³-hybridized carbons (Fsp3) is 0. The molecule has 2 heterocycles. The van der Waals surface area contributed by atoms with Gasteiger partial charge in [-0.1, -0.05) is 0 Å². The standard InChI is InChI=1S/C9H7N3O3/c10-6-4-7(13)12-3-1-2-5(9(14)15)8(12)11-6/h1-4H,10H2,(H,14,15). The molecule has 0 aliphatic carbocycles. The van der Waals surface area contributed by atoms with Crippen LogP contribution >= 0.6 is 0 Å². The zero-order chi connectivity index (χ0) is 11.0. The number of carbonyl (C=O) groups is 1. The van der Waals surface area contributed by atoms with Gasteiger partial charge in [-0.3, -0.25) is 9.20 Å². The molecule has 0 amide bonds. The topological polar surface area (TPSA) is 97.7 Å². The van der Waals surface area contributed by atoms with E-state index in [0.29, 0.717) is 0 Å². The van der Waals surface area contributed by atoms with Crippen LogP contribution in [0.15, 0.2) is 29.2 Å². The van der Waals surface area contributed by atoms with Crippen molar-refractivity contribution in [1.82, 2.24) is 9.38 Å². The van der Waals surface area contributed by atoms with E-state index in [1.165, 1.54) is 18.3 Å². The zero-order valence-corrected chi connectivity index (χ0v) is 7.54. The van der Waals surface area contributed by atoms with Crippen LogP contribution in [0.1, 0.15) is 10.4 Å². The summed E-state index contributed by atoms with van der Waals surface area (Å²) in [7, 11) is 0. The Balaban J connectivity index is 2.97. The average Bonchev–Trinajstić information content (AvgIpc) is 2.16. The highest BCUT2D eigenvalue weighted by Gasteiger charge is 2.10. The van der Waals surface area contributed by atoms with Crippen molar-refractivity contribution >= 4 is 17.4 Å². The number of fused-ring (bicyclic) bond motifs is 1. The lowest BCUT2D eigenvalue weighted by molar-refractivity contribution is 0.0698. The van der Waals surface area contributed by atoms with Crippen molar-refractivity contribution in [2.75, 3.05) is 5.73 Å². The number of carboxylic acids is 1. The summed E-state index contributed by atoms with van der Waals surface area (Å²) in [5, 5.41) is 8.87. The normalized spacial score (nSPS) is 10.4. The highest BCUT2D eigenvalue weighted by molar-refractivity contribution is 5.94. The molecule has 76 valence electrons. The Morgan fingerprint density at radius 2 is 2.27 bits per heavy atom. The molecule has 0 fully saturated rings. The average molecular weight is 205 g/mol. The van der Waals surface area contributed by atoms with E-state index >= 15 is 0 Å². The van der Waals surface area contributed by atoms with E-state index in [4.69, 9.17) is 10.8 Å². The first-order valence-corrected chi connectivity index (χ1v) is 4.11. The van der Waals surface area contributed by atoms with Gasteiger partial charge in [-0.25, -0.2) is 9.78 Å². The summed E-state index contributed by atoms with van der Waals surface area (Å²) in [4.78, 5) is 26.1. The summed E-state index contributed by atoms with van der Waals surface area (Å²) < 4.78 is 1.14. The predicted octanol–water partition coefficient (Wildman–Crippen LogP) is -0.0251. The second-order valence-corrected chi connectivity index (χ2v) is 2.94. The lowest BCUT2D eigenvalue weighted by Crippen LogP contribution is -2.17. The molecule has 2 rings (SSSR count). The number of nitrogens with two attached hydrogens (primary N) is 1. The van der Waals surface area contributed by atoms with Crippen molar-refractivity contribution in [3.63, 3.8) is 0 Å².